The van der Waals surface area contributed by atoms with Crippen LogP contribution in [0.5, 0.6) is 11.5 Å². The molecule has 4 aromatic rings. The summed E-state index contributed by atoms with van der Waals surface area (Å²) >= 11 is 0. The maximum Gasteiger partial charge on any atom is 0.327 e. The van der Waals surface area contributed by atoms with Crippen molar-refractivity contribution < 1.29 is 19.0 Å². The molecule has 3 heterocycles. The minimum atomic E-state index is -0.418. The van der Waals surface area contributed by atoms with E-state index in [1.165, 1.54) is 10.2 Å². The lowest BCUT2D eigenvalue weighted by atomic mass is 9.99. The molecule has 0 fully saturated rings. The van der Waals surface area contributed by atoms with Crippen LogP contribution in [0, 0.1) is 5.92 Å². The Hall–Kier alpha value is -4.25. The van der Waals surface area contributed by atoms with Crippen molar-refractivity contribution in [3.05, 3.63) is 75.3 Å². The molecule has 1 aliphatic rings. The largest absolute Gasteiger partial charge is 0.465 e. The average molecular weight is 547 g/mol. The van der Waals surface area contributed by atoms with Gasteiger partial charge in [0.05, 0.1) is 12.6 Å². The zero-order chi connectivity index (χ0) is 28.2. The first-order chi connectivity index (χ1) is 19.4. The van der Waals surface area contributed by atoms with Crippen molar-refractivity contribution in [2.75, 3.05) is 13.4 Å². The van der Waals surface area contributed by atoms with E-state index in [9.17, 15) is 9.59 Å². The second-order valence-corrected chi connectivity index (χ2v) is 10.2. The van der Waals surface area contributed by atoms with Gasteiger partial charge in [0.2, 0.25) is 6.79 Å². The van der Waals surface area contributed by atoms with Gasteiger partial charge in [-0.05, 0) is 76.5 Å². The fourth-order valence-electron chi connectivity index (χ4n) is 5.13. The number of carbonyl (C=O) groups is 1. The van der Waals surface area contributed by atoms with Crippen LogP contribution in [0.15, 0.2) is 47.3 Å². The van der Waals surface area contributed by atoms with E-state index in [2.05, 4.69) is 52.2 Å². The summed E-state index contributed by atoms with van der Waals surface area (Å²) in [6, 6.07) is 13.5. The Balaban J connectivity index is 1.55. The Morgan fingerprint density at radius 3 is 2.65 bits per heavy atom. The molecule has 0 spiro atoms. The number of aryl methyl sites for hydroxylation is 1. The van der Waals surface area contributed by atoms with E-state index >= 15 is 0 Å². The van der Waals surface area contributed by atoms with Crippen LogP contribution in [0.2, 0.25) is 0 Å². The standard InChI is InChI=1S/C29H34N6O5/c1-5-19-7-9-23-21(11-19)13-22(29(37)30-23)15-34(14-20-8-10-24-25(12-20)40-17-39-24)27(18(3)4)28-31-32-33-35(28)16-26(36)38-6-2/h7-13,18,27H,5-6,14-17H2,1-4H3,(H,30,37)/t27-/m0/s1. The van der Waals surface area contributed by atoms with Crippen LogP contribution in [0.1, 0.15) is 56.3 Å². The van der Waals surface area contributed by atoms with Gasteiger partial charge in [-0.2, -0.15) is 0 Å². The number of fused-ring (bicyclic) bond motifs is 2. The third-order valence-electron chi connectivity index (χ3n) is 7.02. The smallest absolute Gasteiger partial charge is 0.327 e. The van der Waals surface area contributed by atoms with Crippen molar-refractivity contribution in [2.24, 2.45) is 5.92 Å². The summed E-state index contributed by atoms with van der Waals surface area (Å²) in [5.74, 6) is 1.52. The molecule has 210 valence electrons. The van der Waals surface area contributed by atoms with Gasteiger partial charge >= 0.3 is 5.97 Å². The van der Waals surface area contributed by atoms with E-state index in [1.54, 1.807) is 6.92 Å². The highest BCUT2D eigenvalue weighted by Gasteiger charge is 2.31. The number of carbonyl (C=O) groups excluding carboxylic acids is 1. The van der Waals surface area contributed by atoms with Crippen LogP contribution >= 0.6 is 0 Å². The van der Waals surface area contributed by atoms with Crippen molar-refractivity contribution in [2.45, 2.75) is 59.8 Å². The lowest BCUT2D eigenvalue weighted by Gasteiger charge is -2.33. The predicted octanol–water partition coefficient (Wildman–Crippen LogP) is 3.77. The Kier molecular flexibility index (Phi) is 8.11. The van der Waals surface area contributed by atoms with E-state index < -0.39 is 5.97 Å². The van der Waals surface area contributed by atoms with Gasteiger partial charge in [-0.25, -0.2) is 4.68 Å². The number of nitrogens with zero attached hydrogens (tertiary/aromatic N) is 5. The van der Waals surface area contributed by atoms with Crippen LogP contribution in [0.3, 0.4) is 0 Å². The van der Waals surface area contributed by atoms with Gasteiger partial charge in [0, 0.05) is 24.2 Å². The second kappa shape index (κ2) is 11.9. The maximum absolute atomic E-state index is 13.3. The molecule has 11 heteroatoms. The van der Waals surface area contributed by atoms with E-state index in [0.717, 1.165) is 22.9 Å². The first-order valence-electron chi connectivity index (χ1n) is 13.5. The number of benzene rings is 2. The van der Waals surface area contributed by atoms with Crippen molar-refractivity contribution in [1.29, 1.82) is 0 Å². The lowest BCUT2D eigenvalue weighted by molar-refractivity contribution is -0.144. The van der Waals surface area contributed by atoms with Crippen LogP contribution in [0.25, 0.3) is 10.9 Å². The Morgan fingerprint density at radius 2 is 1.88 bits per heavy atom. The zero-order valence-corrected chi connectivity index (χ0v) is 23.2. The average Bonchev–Trinajstić information content (AvgIpc) is 3.58. The van der Waals surface area contributed by atoms with Crippen molar-refractivity contribution in [3.63, 3.8) is 0 Å². The summed E-state index contributed by atoms with van der Waals surface area (Å²) in [5, 5.41) is 13.3. The number of hydrogen-bond donors (Lipinski definition) is 1. The number of aromatic amines is 1. The first-order valence-corrected chi connectivity index (χ1v) is 13.5. The molecule has 0 amide bonds. The fraction of sp³-hybridized carbons (Fsp3) is 0.414. The van der Waals surface area contributed by atoms with E-state index in [1.807, 2.05) is 36.4 Å². The molecule has 0 radical (unpaired) electrons. The topological polar surface area (TPSA) is 124 Å². The number of aromatic nitrogens is 5. The number of esters is 1. The molecule has 11 nitrogen and oxygen atoms in total. The molecule has 1 atom stereocenters. The number of H-pyrrole nitrogens is 1. The molecule has 40 heavy (non-hydrogen) atoms. The van der Waals surface area contributed by atoms with Crippen LogP contribution in [-0.4, -0.2) is 49.5 Å². The van der Waals surface area contributed by atoms with E-state index in [4.69, 9.17) is 14.2 Å². The number of pyridine rings is 1. The second-order valence-electron chi connectivity index (χ2n) is 10.2. The van der Waals surface area contributed by atoms with Gasteiger partial charge in [0.25, 0.3) is 5.56 Å². The van der Waals surface area contributed by atoms with Gasteiger partial charge in [-0.1, -0.05) is 32.9 Å². The quantitative estimate of drug-likeness (QED) is 0.280. The Morgan fingerprint density at radius 1 is 1.07 bits per heavy atom. The highest BCUT2D eigenvalue weighted by atomic mass is 16.7. The molecule has 2 aromatic heterocycles. The molecule has 2 aromatic carbocycles. The molecular formula is C29H34N6O5. The summed E-state index contributed by atoms with van der Waals surface area (Å²) in [6.45, 7) is 9.15. The fourth-order valence-corrected chi connectivity index (χ4v) is 5.13. The normalized spacial score (nSPS) is 13.3. The summed E-state index contributed by atoms with van der Waals surface area (Å²) in [6.07, 6.45) is 0.902. The molecule has 0 aliphatic carbocycles. The van der Waals surface area contributed by atoms with E-state index in [-0.39, 0.29) is 37.5 Å². The monoisotopic (exact) mass is 546 g/mol. The molecule has 0 unspecified atom stereocenters. The molecule has 1 N–H and O–H groups in total. The van der Waals surface area contributed by atoms with E-state index in [0.29, 0.717) is 36.0 Å². The maximum atomic E-state index is 13.3. The number of nitrogens with one attached hydrogen (secondary N) is 1. The van der Waals surface area contributed by atoms with Gasteiger partial charge in [-0.3, -0.25) is 14.5 Å². The van der Waals surface area contributed by atoms with Crippen LogP contribution < -0.4 is 15.0 Å². The summed E-state index contributed by atoms with van der Waals surface area (Å²) < 4.78 is 17.7. The van der Waals surface area contributed by atoms with Gasteiger partial charge in [0.1, 0.15) is 6.54 Å². The summed E-state index contributed by atoms with van der Waals surface area (Å²) in [4.78, 5) is 30.8. The third kappa shape index (κ3) is 5.84. The molecule has 0 bridgehead atoms. The lowest BCUT2D eigenvalue weighted by Crippen LogP contribution is -2.35. The SMILES string of the molecule is CCOC(=O)Cn1nnnc1[C@H](C(C)C)N(Cc1ccc2c(c1)OCO2)Cc1cc2cc(CC)ccc2[nH]c1=O. The van der Waals surface area contributed by atoms with Crippen molar-refractivity contribution >= 4 is 16.9 Å². The van der Waals surface area contributed by atoms with Gasteiger partial charge in [-0.15, -0.1) is 5.10 Å². The molecule has 5 rings (SSSR count). The minimum Gasteiger partial charge on any atom is -0.465 e. The number of rotatable bonds is 11. The zero-order valence-electron chi connectivity index (χ0n) is 23.2. The highest BCUT2D eigenvalue weighted by Crippen LogP contribution is 2.35. The molecule has 0 saturated heterocycles. The number of ether oxygens (including phenoxy) is 3. The minimum absolute atomic E-state index is 0.0344. The number of hydrogen-bond acceptors (Lipinski definition) is 9. The van der Waals surface area contributed by atoms with Crippen LogP contribution in [-0.2, 0) is 35.6 Å². The molecule has 1 aliphatic heterocycles. The van der Waals surface area contributed by atoms with Crippen LogP contribution in [0.4, 0.5) is 0 Å². The summed E-state index contributed by atoms with van der Waals surface area (Å²) in [7, 11) is 0. The Bertz CT molecular complexity index is 1560. The number of tetrazole rings is 1. The van der Waals surface area contributed by atoms with Crippen molar-refractivity contribution in [3.8, 4) is 11.5 Å². The van der Waals surface area contributed by atoms with Gasteiger partial charge < -0.3 is 19.2 Å². The van der Waals surface area contributed by atoms with Gasteiger partial charge in [0.15, 0.2) is 17.3 Å². The predicted molar refractivity (Wildman–Crippen MR) is 148 cm³/mol. The third-order valence-corrected chi connectivity index (χ3v) is 7.02. The summed E-state index contributed by atoms with van der Waals surface area (Å²) in [5.41, 5.74) is 3.44. The Labute approximate surface area is 232 Å². The highest BCUT2D eigenvalue weighted by molar-refractivity contribution is 5.79. The van der Waals surface area contributed by atoms with Crippen molar-refractivity contribution in [1.82, 2.24) is 30.1 Å². The first kappa shape index (κ1) is 27.3. The molecule has 0 saturated carbocycles. The molecular weight excluding hydrogens is 512 g/mol.